The second-order valence-electron chi connectivity index (χ2n) is 7.40. The zero-order chi connectivity index (χ0) is 18.0. The van der Waals surface area contributed by atoms with Crippen LogP contribution in [-0.2, 0) is 11.2 Å². The third kappa shape index (κ3) is 3.55. The molecule has 1 aliphatic rings. The molecule has 0 fully saturated rings. The first kappa shape index (κ1) is 17.5. The van der Waals surface area contributed by atoms with Crippen LogP contribution in [0.3, 0.4) is 0 Å². The van der Waals surface area contributed by atoms with E-state index >= 15 is 0 Å². The lowest BCUT2D eigenvalue weighted by molar-refractivity contribution is -0.116. The van der Waals surface area contributed by atoms with Crippen molar-refractivity contribution < 1.29 is 4.79 Å². The van der Waals surface area contributed by atoms with Crippen LogP contribution in [0.4, 0.5) is 11.4 Å². The van der Waals surface area contributed by atoms with Gasteiger partial charge in [-0.05, 0) is 41.0 Å². The molecule has 1 amide bonds. The SMILES string of the molecule is CC(C)c1cccc(C(C)C)c1NCC(=O)N1CCc2ccccc21. The van der Waals surface area contributed by atoms with Gasteiger partial charge in [-0.2, -0.15) is 0 Å². The number of benzene rings is 2. The fourth-order valence-electron chi connectivity index (χ4n) is 3.61. The molecule has 0 unspecified atom stereocenters. The summed E-state index contributed by atoms with van der Waals surface area (Å²) in [5, 5.41) is 3.46. The molecule has 0 radical (unpaired) electrons. The summed E-state index contributed by atoms with van der Waals surface area (Å²) in [5.74, 6) is 0.978. The molecule has 3 heteroatoms. The van der Waals surface area contributed by atoms with Gasteiger partial charge in [0.15, 0.2) is 0 Å². The van der Waals surface area contributed by atoms with E-state index < -0.39 is 0 Å². The van der Waals surface area contributed by atoms with Crippen LogP contribution >= 0.6 is 0 Å². The highest BCUT2D eigenvalue weighted by molar-refractivity contribution is 5.98. The van der Waals surface area contributed by atoms with Crippen molar-refractivity contribution in [3.8, 4) is 0 Å². The number of nitrogens with one attached hydrogen (secondary N) is 1. The van der Waals surface area contributed by atoms with Gasteiger partial charge in [-0.1, -0.05) is 64.1 Å². The number of anilines is 2. The van der Waals surface area contributed by atoms with Gasteiger partial charge in [-0.25, -0.2) is 0 Å². The zero-order valence-electron chi connectivity index (χ0n) is 15.7. The molecule has 0 aliphatic carbocycles. The Morgan fingerprint density at radius 3 is 2.28 bits per heavy atom. The maximum atomic E-state index is 12.8. The minimum absolute atomic E-state index is 0.137. The molecule has 0 atom stereocenters. The molecule has 0 saturated heterocycles. The number of hydrogen-bond acceptors (Lipinski definition) is 2. The van der Waals surface area contributed by atoms with E-state index in [0.29, 0.717) is 18.4 Å². The van der Waals surface area contributed by atoms with Crippen molar-refractivity contribution in [1.82, 2.24) is 0 Å². The maximum Gasteiger partial charge on any atom is 0.246 e. The monoisotopic (exact) mass is 336 g/mol. The summed E-state index contributed by atoms with van der Waals surface area (Å²) in [4.78, 5) is 14.7. The molecule has 0 bridgehead atoms. The smallest absolute Gasteiger partial charge is 0.246 e. The highest BCUT2D eigenvalue weighted by Crippen LogP contribution is 2.33. The predicted octanol–water partition coefficient (Wildman–Crippen LogP) is 4.93. The number of fused-ring (bicyclic) bond motifs is 1. The van der Waals surface area contributed by atoms with Crippen LogP contribution in [0.15, 0.2) is 42.5 Å². The first-order valence-electron chi connectivity index (χ1n) is 9.24. The van der Waals surface area contributed by atoms with E-state index in [1.807, 2.05) is 23.1 Å². The third-order valence-electron chi connectivity index (χ3n) is 4.98. The third-order valence-corrected chi connectivity index (χ3v) is 4.98. The number of amides is 1. The molecular formula is C22H28N2O. The summed E-state index contributed by atoms with van der Waals surface area (Å²) in [7, 11) is 0. The van der Waals surface area contributed by atoms with Crippen LogP contribution < -0.4 is 10.2 Å². The summed E-state index contributed by atoms with van der Waals surface area (Å²) < 4.78 is 0. The zero-order valence-corrected chi connectivity index (χ0v) is 15.7. The van der Waals surface area contributed by atoms with Crippen LogP contribution in [-0.4, -0.2) is 19.0 Å². The van der Waals surface area contributed by atoms with Gasteiger partial charge in [-0.15, -0.1) is 0 Å². The topological polar surface area (TPSA) is 32.3 Å². The molecule has 25 heavy (non-hydrogen) atoms. The minimum atomic E-state index is 0.137. The minimum Gasteiger partial charge on any atom is -0.376 e. The highest BCUT2D eigenvalue weighted by Gasteiger charge is 2.24. The molecule has 1 N–H and O–H groups in total. The van der Waals surface area contributed by atoms with Crippen molar-refractivity contribution in [2.45, 2.75) is 46.0 Å². The number of carbonyl (C=O) groups excluding carboxylic acids is 1. The molecule has 0 saturated carbocycles. The van der Waals surface area contributed by atoms with Crippen molar-refractivity contribution in [1.29, 1.82) is 0 Å². The second-order valence-corrected chi connectivity index (χ2v) is 7.40. The number of rotatable bonds is 5. The van der Waals surface area contributed by atoms with E-state index in [1.165, 1.54) is 16.7 Å². The van der Waals surface area contributed by atoms with E-state index in [0.717, 1.165) is 24.3 Å². The van der Waals surface area contributed by atoms with Crippen LogP contribution in [0.1, 0.15) is 56.2 Å². The first-order valence-corrected chi connectivity index (χ1v) is 9.24. The Bertz CT molecular complexity index is 738. The van der Waals surface area contributed by atoms with E-state index in [-0.39, 0.29) is 5.91 Å². The Balaban J connectivity index is 1.79. The van der Waals surface area contributed by atoms with Crippen molar-refractivity contribution in [3.05, 3.63) is 59.2 Å². The van der Waals surface area contributed by atoms with E-state index in [9.17, 15) is 4.79 Å². The van der Waals surface area contributed by atoms with Gasteiger partial charge in [0.25, 0.3) is 0 Å². The molecule has 132 valence electrons. The number of hydrogen-bond donors (Lipinski definition) is 1. The molecular weight excluding hydrogens is 308 g/mol. The molecule has 0 spiro atoms. The van der Waals surface area contributed by atoms with Crippen molar-refractivity contribution in [3.63, 3.8) is 0 Å². The fraction of sp³-hybridized carbons (Fsp3) is 0.409. The predicted molar refractivity (Wildman–Crippen MR) is 106 cm³/mol. The van der Waals surface area contributed by atoms with Crippen molar-refractivity contribution >= 4 is 17.3 Å². The van der Waals surface area contributed by atoms with E-state index in [1.54, 1.807) is 0 Å². The Labute approximate surface area is 151 Å². The molecule has 0 aromatic heterocycles. The summed E-state index contributed by atoms with van der Waals surface area (Å²) >= 11 is 0. The molecule has 3 rings (SSSR count). The Morgan fingerprint density at radius 2 is 1.64 bits per heavy atom. The van der Waals surface area contributed by atoms with Gasteiger partial charge in [0.1, 0.15) is 0 Å². The molecule has 1 heterocycles. The molecule has 2 aromatic rings. The average Bonchev–Trinajstić information content (AvgIpc) is 3.03. The molecule has 2 aromatic carbocycles. The Morgan fingerprint density at radius 1 is 1.00 bits per heavy atom. The average molecular weight is 336 g/mol. The highest BCUT2D eigenvalue weighted by atomic mass is 16.2. The van der Waals surface area contributed by atoms with Gasteiger partial charge in [-0.3, -0.25) is 4.79 Å². The maximum absolute atomic E-state index is 12.8. The van der Waals surface area contributed by atoms with Crippen molar-refractivity contribution in [2.75, 3.05) is 23.3 Å². The first-order chi connectivity index (χ1) is 12.0. The fourth-order valence-corrected chi connectivity index (χ4v) is 3.61. The quantitative estimate of drug-likeness (QED) is 0.839. The van der Waals surface area contributed by atoms with Gasteiger partial charge in [0.2, 0.25) is 5.91 Å². The second kappa shape index (κ2) is 7.30. The van der Waals surface area contributed by atoms with Gasteiger partial charge < -0.3 is 10.2 Å². The lowest BCUT2D eigenvalue weighted by Crippen LogP contribution is -2.34. The van der Waals surface area contributed by atoms with Crippen LogP contribution in [0.25, 0.3) is 0 Å². The van der Waals surface area contributed by atoms with Crippen LogP contribution in [0.2, 0.25) is 0 Å². The summed E-state index contributed by atoms with van der Waals surface area (Å²) in [6, 6.07) is 14.6. The van der Waals surface area contributed by atoms with Gasteiger partial charge in [0, 0.05) is 17.9 Å². The summed E-state index contributed by atoms with van der Waals surface area (Å²) in [6.45, 7) is 9.90. The normalized spacial score (nSPS) is 13.4. The lowest BCUT2D eigenvalue weighted by Gasteiger charge is -2.23. The summed E-state index contributed by atoms with van der Waals surface area (Å²) in [6.07, 6.45) is 0.946. The van der Waals surface area contributed by atoms with Crippen LogP contribution in [0, 0.1) is 0 Å². The van der Waals surface area contributed by atoms with Crippen molar-refractivity contribution in [2.24, 2.45) is 0 Å². The lowest BCUT2D eigenvalue weighted by atomic mass is 9.92. The van der Waals surface area contributed by atoms with Gasteiger partial charge >= 0.3 is 0 Å². The number of carbonyl (C=O) groups is 1. The Kier molecular flexibility index (Phi) is 5.12. The Hall–Kier alpha value is -2.29. The number of nitrogens with zero attached hydrogens (tertiary/aromatic N) is 1. The number of para-hydroxylation sites is 2. The van der Waals surface area contributed by atoms with E-state index in [4.69, 9.17) is 0 Å². The summed E-state index contributed by atoms with van der Waals surface area (Å²) in [5.41, 5.74) is 6.02. The van der Waals surface area contributed by atoms with E-state index in [2.05, 4.69) is 57.3 Å². The molecule has 1 aliphatic heterocycles. The standard InChI is InChI=1S/C22H28N2O/c1-15(2)18-9-7-10-19(16(3)4)22(18)23-14-21(25)24-13-12-17-8-5-6-11-20(17)24/h5-11,15-16,23H,12-14H2,1-4H3. The molecule has 3 nitrogen and oxygen atoms in total. The van der Waals surface area contributed by atoms with Crippen LogP contribution in [0.5, 0.6) is 0 Å². The largest absolute Gasteiger partial charge is 0.376 e. The van der Waals surface area contributed by atoms with Gasteiger partial charge in [0.05, 0.1) is 6.54 Å².